The molecular weight excluding hydrogens is 300 g/mol. The Hall–Kier alpha value is -2.49. The molecule has 0 saturated carbocycles. The van der Waals surface area contributed by atoms with Crippen LogP contribution in [0.5, 0.6) is 5.75 Å². The summed E-state index contributed by atoms with van der Waals surface area (Å²) in [5, 5.41) is 2.98. The highest BCUT2D eigenvalue weighted by atomic mass is 16.5. The second-order valence-corrected chi connectivity index (χ2v) is 6.07. The number of carbonyl (C=O) groups excluding carboxylic acids is 1. The van der Waals surface area contributed by atoms with E-state index in [1.165, 1.54) is 18.5 Å². The van der Waals surface area contributed by atoms with Gasteiger partial charge in [-0.25, -0.2) is 0 Å². The van der Waals surface area contributed by atoms with E-state index in [9.17, 15) is 4.79 Å². The van der Waals surface area contributed by atoms with Gasteiger partial charge in [-0.3, -0.25) is 4.79 Å². The quantitative estimate of drug-likeness (QED) is 0.860. The summed E-state index contributed by atoms with van der Waals surface area (Å²) < 4.78 is 5.54. The molecule has 0 radical (unpaired) electrons. The number of nitrogens with zero attached hydrogens (tertiary/aromatic N) is 1. The molecule has 126 valence electrons. The van der Waals surface area contributed by atoms with Crippen molar-refractivity contribution >= 4 is 17.3 Å². The molecule has 4 heteroatoms. The first-order chi connectivity index (χ1) is 11.8. The third-order valence-electron chi connectivity index (χ3n) is 4.16. The lowest BCUT2D eigenvalue weighted by atomic mass is 10.2. The van der Waals surface area contributed by atoms with Crippen LogP contribution in [0.3, 0.4) is 0 Å². The lowest BCUT2D eigenvalue weighted by molar-refractivity contribution is 0.102. The van der Waals surface area contributed by atoms with Gasteiger partial charge in [0, 0.05) is 30.0 Å². The predicted octanol–water partition coefficient (Wildman–Crippen LogP) is 4.33. The molecule has 0 bridgehead atoms. The van der Waals surface area contributed by atoms with Crippen LogP contribution in [0.1, 0.15) is 36.5 Å². The van der Waals surface area contributed by atoms with Gasteiger partial charge in [-0.1, -0.05) is 13.0 Å². The average Bonchev–Trinajstić information content (AvgIpc) is 3.15. The molecule has 24 heavy (non-hydrogen) atoms. The third kappa shape index (κ3) is 4.07. The van der Waals surface area contributed by atoms with Crippen molar-refractivity contribution in [2.45, 2.75) is 26.2 Å². The van der Waals surface area contributed by atoms with E-state index >= 15 is 0 Å². The van der Waals surface area contributed by atoms with Crippen LogP contribution in [0.4, 0.5) is 11.4 Å². The van der Waals surface area contributed by atoms with Crippen LogP contribution >= 0.6 is 0 Å². The van der Waals surface area contributed by atoms with Gasteiger partial charge in [0.05, 0.1) is 6.61 Å². The molecule has 4 nitrogen and oxygen atoms in total. The lowest BCUT2D eigenvalue weighted by Crippen LogP contribution is -2.18. The monoisotopic (exact) mass is 324 g/mol. The molecular formula is C20H24N2O2. The fourth-order valence-electron chi connectivity index (χ4n) is 2.88. The van der Waals surface area contributed by atoms with Crippen LogP contribution in [0, 0.1) is 0 Å². The van der Waals surface area contributed by atoms with Gasteiger partial charge < -0.3 is 15.0 Å². The molecule has 0 aliphatic carbocycles. The van der Waals surface area contributed by atoms with Gasteiger partial charge in [-0.05, 0) is 61.7 Å². The van der Waals surface area contributed by atoms with Crippen molar-refractivity contribution < 1.29 is 9.53 Å². The number of hydrogen-bond donors (Lipinski definition) is 1. The summed E-state index contributed by atoms with van der Waals surface area (Å²) in [4.78, 5) is 14.8. The summed E-state index contributed by atoms with van der Waals surface area (Å²) in [6, 6.07) is 15.3. The number of carbonyl (C=O) groups is 1. The van der Waals surface area contributed by atoms with Crippen molar-refractivity contribution in [2.24, 2.45) is 0 Å². The Morgan fingerprint density at radius 2 is 1.88 bits per heavy atom. The van der Waals surface area contributed by atoms with Gasteiger partial charge in [-0.2, -0.15) is 0 Å². The minimum absolute atomic E-state index is 0.101. The Bertz CT molecular complexity index is 676. The zero-order valence-electron chi connectivity index (χ0n) is 14.1. The maximum atomic E-state index is 12.4. The number of nitrogens with one attached hydrogen (secondary N) is 1. The molecule has 1 saturated heterocycles. The van der Waals surface area contributed by atoms with Crippen molar-refractivity contribution in [1.82, 2.24) is 0 Å². The van der Waals surface area contributed by atoms with Crippen molar-refractivity contribution in [2.75, 3.05) is 29.9 Å². The summed E-state index contributed by atoms with van der Waals surface area (Å²) in [5.41, 5.74) is 2.63. The van der Waals surface area contributed by atoms with E-state index in [2.05, 4.69) is 23.2 Å². The summed E-state index contributed by atoms with van der Waals surface area (Å²) in [5.74, 6) is 0.694. The van der Waals surface area contributed by atoms with Gasteiger partial charge in [0.15, 0.2) is 0 Å². The molecule has 0 spiro atoms. The molecule has 0 unspecified atom stereocenters. The zero-order valence-corrected chi connectivity index (χ0v) is 14.1. The fourth-order valence-corrected chi connectivity index (χ4v) is 2.88. The van der Waals surface area contributed by atoms with Crippen molar-refractivity contribution in [3.05, 3.63) is 54.1 Å². The van der Waals surface area contributed by atoms with Gasteiger partial charge in [-0.15, -0.1) is 0 Å². The second kappa shape index (κ2) is 7.86. The summed E-state index contributed by atoms with van der Waals surface area (Å²) >= 11 is 0. The Morgan fingerprint density at radius 3 is 2.58 bits per heavy atom. The minimum atomic E-state index is -0.101. The van der Waals surface area contributed by atoms with Crippen LogP contribution in [-0.4, -0.2) is 25.6 Å². The molecule has 1 aliphatic heterocycles. The van der Waals surface area contributed by atoms with E-state index < -0.39 is 0 Å². The van der Waals surface area contributed by atoms with Crippen LogP contribution in [0.15, 0.2) is 48.5 Å². The highest BCUT2D eigenvalue weighted by molar-refractivity contribution is 6.04. The van der Waals surface area contributed by atoms with Crippen LogP contribution < -0.4 is 15.0 Å². The first-order valence-corrected chi connectivity index (χ1v) is 8.65. The summed E-state index contributed by atoms with van der Waals surface area (Å²) in [6.07, 6.45) is 3.45. The molecule has 3 rings (SSSR count). The highest BCUT2D eigenvalue weighted by Gasteiger charge is 2.13. The van der Waals surface area contributed by atoms with Crippen LogP contribution in [0.25, 0.3) is 0 Å². The van der Waals surface area contributed by atoms with E-state index in [1.807, 2.05) is 30.3 Å². The van der Waals surface area contributed by atoms with Gasteiger partial charge >= 0.3 is 0 Å². The number of anilines is 2. The average molecular weight is 324 g/mol. The van der Waals surface area contributed by atoms with E-state index in [1.54, 1.807) is 12.1 Å². The number of ether oxygens (including phenoxy) is 1. The Balaban J connectivity index is 1.64. The van der Waals surface area contributed by atoms with Gasteiger partial charge in [0.1, 0.15) is 5.75 Å². The second-order valence-electron chi connectivity index (χ2n) is 6.07. The van der Waals surface area contributed by atoms with Gasteiger partial charge in [0.25, 0.3) is 5.91 Å². The summed E-state index contributed by atoms with van der Waals surface area (Å²) in [6.45, 7) is 4.94. The standard InChI is InChI=1S/C20H24N2O2/c1-2-14-24-19-10-8-16(9-11-19)20(23)21-17-6-5-7-18(15-17)22-12-3-4-13-22/h5-11,15H,2-4,12-14H2,1H3,(H,21,23). The number of hydrogen-bond acceptors (Lipinski definition) is 3. The van der Waals surface area contributed by atoms with Crippen LogP contribution in [0.2, 0.25) is 0 Å². The zero-order chi connectivity index (χ0) is 16.8. The number of benzene rings is 2. The predicted molar refractivity (Wildman–Crippen MR) is 98.1 cm³/mol. The van der Waals surface area contributed by atoms with Crippen LogP contribution in [-0.2, 0) is 0 Å². The first-order valence-electron chi connectivity index (χ1n) is 8.65. The van der Waals surface area contributed by atoms with Crippen molar-refractivity contribution in [1.29, 1.82) is 0 Å². The molecule has 0 aromatic heterocycles. The smallest absolute Gasteiger partial charge is 0.255 e. The molecule has 1 N–H and O–H groups in total. The maximum Gasteiger partial charge on any atom is 0.255 e. The highest BCUT2D eigenvalue weighted by Crippen LogP contribution is 2.23. The van der Waals surface area contributed by atoms with Crippen molar-refractivity contribution in [3.8, 4) is 5.75 Å². The van der Waals surface area contributed by atoms with Gasteiger partial charge in [0.2, 0.25) is 0 Å². The molecule has 1 heterocycles. The molecule has 1 fully saturated rings. The topological polar surface area (TPSA) is 41.6 Å². The molecule has 0 atom stereocenters. The minimum Gasteiger partial charge on any atom is -0.494 e. The molecule has 2 aromatic rings. The molecule has 1 aliphatic rings. The Morgan fingerprint density at radius 1 is 1.12 bits per heavy atom. The van der Waals surface area contributed by atoms with E-state index in [-0.39, 0.29) is 5.91 Å². The number of rotatable bonds is 6. The lowest BCUT2D eigenvalue weighted by Gasteiger charge is -2.18. The molecule has 1 amide bonds. The van der Waals surface area contributed by atoms with E-state index in [4.69, 9.17) is 4.74 Å². The van der Waals surface area contributed by atoms with E-state index in [0.29, 0.717) is 12.2 Å². The number of amides is 1. The summed E-state index contributed by atoms with van der Waals surface area (Å²) in [7, 11) is 0. The largest absolute Gasteiger partial charge is 0.494 e. The SMILES string of the molecule is CCCOc1ccc(C(=O)Nc2cccc(N3CCCC3)c2)cc1. The first kappa shape index (κ1) is 16.4. The van der Waals surface area contributed by atoms with Crippen molar-refractivity contribution in [3.63, 3.8) is 0 Å². The fraction of sp³-hybridized carbons (Fsp3) is 0.350. The molecule has 2 aromatic carbocycles. The van der Waals surface area contributed by atoms with E-state index in [0.717, 1.165) is 30.9 Å². The normalized spacial score (nSPS) is 13.8. The third-order valence-corrected chi connectivity index (χ3v) is 4.16. The Kier molecular flexibility index (Phi) is 5.36. The Labute approximate surface area is 143 Å². The maximum absolute atomic E-state index is 12.4.